The summed E-state index contributed by atoms with van der Waals surface area (Å²) >= 11 is 0. The van der Waals surface area contributed by atoms with Gasteiger partial charge < -0.3 is 21.7 Å². The van der Waals surface area contributed by atoms with E-state index in [1.165, 1.54) is 18.2 Å². The molecule has 0 aliphatic heterocycles. The summed E-state index contributed by atoms with van der Waals surface area (Å²) in [5, 5.41) is 18.6. The van der Waals surface area contributed by atoms with Crippen LogP contribution in [0.3, 0.4) is 0 Å². The Kier molecular flexibility index (Phi) is 2.52. The second-order valence-corrected chi connectivity index (χ2v) is 2.55. The van der Waals surface area contributed by atoms with Crippen molar-refractivity contribution in [1.29, 1.82) is 0 Å². The van der Waals surface area contributed by atoms with E-state index < -0.39 is 6.04 Å². The third-order valence-corrected chi connectivity index (χ3v) is 1.68. The minimum absolute atomic E-state index is 0.0204. The number of hydrogen-bond acceptors (Lipinski definition) is 4. The number of nitrogens with two attached hydrogens (primary N) is 2. The molecule has 0 radical (unpaired) electrons. The molecule has 0 saturated heterocycles. The molecular formula is C8H12N2O2. The van der Waals surface area contributed by atoms with Crippen LogP contribution in [0.1, 0.15) is 11.6 Å². The van der Waals surface area contributed by atoms with Crippen molar-refractivity contribution in [2.24, 2.45) is 11.5 Å². The van der Waals surface area contributed by atoms with Crippen molar-refractivity contribution >= 4 is 0 Å². The second-order valence-electron chi connectivity index (χ2n) is 2.55. The van der Waals surface area contributed by atoms with Crippen LogP contribution in [-0.4, -0.2) is 16.8 Å². The zero-order valence-corrected chi connectivity index (χ0v) is 6.57. The van der Waals surface area contributed by atoms with Crippen LogP contribution in [0.25, 0.3) is 0 Å². The zero-order chi connectivity index (χ0) is 9.14. The first-order valence-corrected chi connectivity index (χ1v) is 3.63. The molecule has 0 bridgehead atoms. The van der Waals surface area contributed by atoms with Gasteiger partial charge in [0, 0.05) is 12.6 Å². The van der Waals surface area contributed by atoms with Crippen molar-refractivity contribution in [2.45, 2.75) is 6.04 Å². The van der Waals surface area contributed by atoms with Crippen molar-refractivity contribution in [3.05, 3.63) is 23.8 Å². The molecule has 1 aromatic rings. The van der Waals surface area contributed by atoms with Crippen LogP contribution in [0.15, 0.2) is 18.2 Å². The standard InChI is InChI=1S/C8H12N2O2/c9-4-5(10)8-6(11)2-1-3-7(8)12/h1-3,5,11-12H,4,9-10H2/t5-/m0/s1. The van der Waals surface area contributed by atoms with Gasteiger partial charge in [-0.15, -0.1) is 0 Å². The Morgan fingerprint density at radius 3 is 2.17 bits per heavy atom. The van der Waals surface area contributed by atoms with Crippen molar-refractivity contribution in [3.8, 4) is 11.5 Å². The highest BCUT2D eigenvalue weighted by Crippen LogP contribution is 2.30. The maximum absolute atomic E-state index is 9.30. The van der Waals surface area contributed by atoms with E-state index in [-0.39, 0.29) is 18.0 Å². The van der Waals surface area contributed by atoms with Crippen LogP contribution in [0, 0.1) is 0 Å². The van der Waals surface area contributed by atoms with Crippen molar-refractivity contribution in [1.82, 2.24) is 0 Å². The topological polar surface area (TPSA) is 92.5 Å². The Labute approximate surface area is 70.4 Å². The van der Waals surface area contributed by atoms with E-state index in [1.54, 1.807) is 0 Å². The predicted molar refractivity (Wildman–Crippen MR) is 45.8 cm³/mol. The lowest BCUT2D eigenvalue weighted by atomic mass is 10.1. The van der Waals surface area contributed by atoms with Gasteiger partial charge in [0.05, 0.1) is 5.56 Å². The van der Waals surface area contributed by atoms with Crippen LogP contribution in [0.4, 0.5) is 0 Å². The molecule has 1 aromatic carbocycles. The molecule has 6 N–H and O–H groups in total. The molecule has 1 atom stereocenters. The van der Waals surface area contributed by atoms with Crippen LogP contribution in [0.2, 0.25) is 0 Å². The van der Waals surface area contributed by atoms with Gasteiger partial charge in [-0.05, 0) is 12.1 Å². The number of phenolic OH excluding ortho intramolecular Hbond substituents is 2. The van der Waals surface area contributed by atoms with Gasteiger partial charge in [-0.1, -0.05) is 6.07 Å². The lowest BCUT2D eigenvalue weighted by Crippen LogP contribution is -2.20. The summed E-state index contributed by atoms with van der Waals surface area (Å²) < 4.78 is 0. The lowest BCUT2D eigenvalue weighted by Gasteiger charge is -2.12. The summed E-state index contributed by atoms with van der Waals surface area (Å²) in [7, 11) is 0. The fourth-order valence-electron chi connectivity index (χ4n) is 1.04. The van der Waals surface area contributed by atoms with Gasteiger partial charge >= 0.3 is 0 Å². The minimum Gasteiger partial charge on any atom is -0.507 e. The average Bonchev–Trinajstić information content (AvgIpc) is 2.03. The number of phenols is 2. The molecule has 0 fully saturated rings. The van der Waals surface area contributed by atoms with Crippen LogP contribution in [-0.2, 0) is 0 Å². The molecule has 66 valence electrons. The summed E-state index contributed by atoms with van der Waals surface area (Å²) in [5.74, 6) is -0.0408. The molecule has 4 nitrogen and oxygen atoms in total. The molecule has 1 rings (SSSR count). The van der Waals surface area contributed by atoms with Crippen LogP contribution < -0.4 is 11.5 Å². The number of aromatic hydroxyl groups is 2. The summed E-state index contributed by atoms with van der Waals surface area (Å²) in [6.45, 7) is 0.186. The van der Waals surface area contributed by atoms with Gasteiger partial charge in [-0.25, -0.2) is 0 Å². The number of rotatable bonds is 2. The lowest BCUT2D eigenvalue weighted by molar-refractivity contribution is 0.429. The van der Waals surface area contributed by atoms with Gasteiger partial charge in [-0.2, -0.15) is 0 Å². The Hall–Kier alpha value is -1.26. The molecule has 0 aliphatic carbocycles. The van der Waals surface area contributed by atoms with E-state index in [4.69, 9.17) is 11.5 Å². The van der Waals surface area contributed by atoms with E-state index in [0.29, 0.717) is 5.56 Å². The quantitative estimate of drug-likeness (QED) is 0.502. The smallest absolute Gasteiger partial charge is 0.124 e. The average molecular weight is 168 g/mol. The SMILES string of the molecule is NC[C@H](N)c1c(O)cccc1O. The summed E-state index contributed by atoms with van der Waals surface area (Å²) in [6.07, 6.45) is 0. The summed E-state index contributed by atoms with van der Waals surface area (Å²) in [4.78, 5) is 0. The first kappa shape index (κ1) is 8.83. The van der Waals surface area contributed by atoms with Crippen molar-refractivity contribution in [2.75, 3.05) is 6.54 Å². The molecule has 12 heavy (non-hydrogen) atoms. The highest BCUT2D eigenvalue weighted by atomic mass is 16.3. The molecular weight excluding hydrogens is 156 g/mol. The van der Waals surface area contributed by atoms with E-state index in [1.807, 2.05) is 0 Å². The Balaban J connectivity index is 3.12. The maximum Gasteiger partial charge on any atom is 0.124 e. The third-order valence-electron chi connectivity index (χ3n) is 1.68. The zero-order valence-electron chi connectivity index (χ0n) is 6.57. The third kappa shape index (κ3) is 1.49. The van der Waals surface area contributed by atoms with E-state index in [2.05, 4.69) is 0 Å². The first-order chi connectivity index (χ1) is 5.66. The van der Waals surface area contributed by atoms with Gasteiger partial charge in [-0.3, -0.25) is 0 Å². The normalized spacial score (nSPS) is 12.8. The Bertz CT molecular complexity index is 256. The van der Waals surface area contributed by atoms with E-state index in [9.17, 15) is 10.2 Å². The highest BCUT2D eigenvalue weighted by molar-refractivity contribution is 5.45. The van der Waals surface area contributed by atoms with Gasteiger partial charge in [0.1, 0.15) is 11.5 Å². The highest BCUT2D eigenvalue weighted by Gasteiger charge is 2.13. The molecule has 4 heteroatoms. The van der Waals surface area contributed by atoms with Crippen LogP contribution in [0.5, 0.6) is 11.5 Å². The van der Waals surface area contributed by atoms with Crippen LogP contribution >= 0.6 is 0 Å². The van der Waals surface area contributed by atoms with E-state index in [0.717, 1.165) is 0 Å². The fourth-order valence-corrected chi connectivity index (χ4v) is 1.04. The molecule has 0 aromatic heterocycles. The Morgan fingerprint density at radius 2 is 1.75 bits per heavy atom. The maximum atomic E-state index is 9.30. The van der Waals surface area contributed by atoms with Gasteiger partial charge in [0.15, 0.2) is 0 Å². The first-order valence-electron chi connectivity index (χ1n) is 3.63. The second kappa shape index (κ2) is 3.42. The molecule has 0 heterocycles. The predicted octanol–water partition coefficient (Wildman–Crippen LogP) is 0.0563. The molecule has 0 aliphatic rings. The molecule has 0 amide bonds. The van der Waals surface area contributed by atoms with Crippen molar-refractivity contribution in [3.63, 3.8) is 0 Å². The van der Waals surface area contributed by atoms with Gasteiger partial charge in [0.25, 0.3) is 0 Å². The monoisotopic (exact) mass is 168 g/mol. The minimum atomic E-state index is -0.522. The van der Waals surface area contributed by atoms with Gasteiger partial charge in [0.2, 0.25) is 0 Å². The summed E-state index contributed by atoms with van der Waals surface area (Å²) in [6, 6.07) is 3.94. The van der Waals surface area contributed by atoms with Crippen molar-refractivity contribution < 1.29 is 10.2 Å². The Morgan fingerprint density at radius 1 is 1.25 bits per heavy atom. The molecule has 0 unspecified atom stereocenters. The number of hydrogen-bond donors (Lipinski definition) is 4. The van der Waals surface area contributed by atoms with E-state index >= 15 is 0 Å². The number of benzene rings is 1. The largest absolute Gasteiger partial charge is 0.507 e. The fraction of sp³-hybridized carbons (Fsp3) is 0.250. The molecule has 0 saturated carbocycles. The molecule has 0 spiro atoms. The summed E-state index contributed by atoms with van der Waals surface area (Å²) in [5.41, 5.74) is 11.2.